The summed E-state index contributed by atoms with van der Waals surface area (Å²) in [4.78, 5) is 20.2. The summed E-state index contributed by atoms with van der Waals surface area (Å²) in [6.45, 7) is 1.65. The quantitative estimate of drug-likeness (QED) is 0.605. The monoisotopic (exact) mass is 423 g/mol. The van der Waals surface area contributed by atoms with E-state index in [9.17, 15) is 4.79 Å². The minimum Gasteiger partial charge on any atom is -0.475 e. The number of primary amides is 1. The third-order valence-corrected chi connectivity index (χ3v) is 5.21. The number of alkyl halides is 1. The average molecular weight is 423 g/mol. The van der Waals surface area contributed by atoms with Crippen LogP contribution in [-0.4, -0.2) is 47.4 Å². The molecule has 0 spiro atoms. The van der Waals surface area contributed by atoms with E-state index >= 15 is 4.39 Å². The number of pyridine rings is 2. The Hall–Kier alpha value is -3.36. The normalized spacial score (nSPS) is 14.7. The number of amides is 1. The number of ether oxygens (including phenoxy) is 2. The number of benzene rings is 1. The maximum absolute atomic E-state index is 15.1. The van der Waals surface area contributed by atoms with E-state index in [1.165, 1.54) is 6.20 Å². The van der Waals surface area contributed by atoms with Crippen molar-refractivity contribution in [2.75, 3.05) is 26.4 Å². The predicted octanol–water partition coefficient (Wildman–Crippen LogP) is 2.78. The summed E-state index contributed by atoms with van der Waals surface area (Å²) in [5.74, 6) is -0.329. The van der Waals surface area contributed by atoms with Crippen LogP contribution in [0.25, 0.3) is 22.3 Å². The fourth-order valence-corrected chi connectivity index (χ4v) is 3.48. The summed E-state index contributed by atoms with van der Waals surface area (Å²) in [7, 11) is 0. The Labute approximate surface area is 178 Å². The van der Waals surface area contributed by atoms with Gasteiger partial charge in [0.25, 0.3) is 0 Å². The van der Waals surface area contributed by atoms with Gasteiger partial charge in [0.2, 0.25) is 11.8 Å². The van der Waals surface area contributed by atoms with Gasteiger partial charge in [0.1, 0.15) is 6.61 Å². The second-order valence-corrected chi connectivity index (χ2v) is 7.42. The van der Waals surface area contributed by atoms with E-state index in [-0.39, 0.29) is 38.0 Å². The minimum atomic E-state index is -1.68. The number of nitrogens with two attached hydrogens (primary N) is 1. The van der Waals surface area contributed by atoms with Gasteiger partial charge in [0.15, 0.2) is 5.67 Å². The summed E-state index contributed by atoms with van der Waals surface area (Å²) >= 11 is 0. The molecule has 1 aliphatic rings. The zero-order valence-corrected chi connectivity index (χ0v) is 17.0. The molecule has 1 amide bonds. The SMILES string of the molecule is Cc1ccc(-c2cnccc2C(N)=O)cc1-c1cc(OCCO)nc(C2(F)COC2)c1. The first-order valence-corrected chi connectivity index (χ1v) is 9.79. The highest BCUT2D eigenvalue weighted by atomic mass is 19.1. The number of aromatic nitrogens is 2. The number of carbonyl (C=O) groups excluding carboxylic acids is 1. The summed E-state index contributed by atoms with van der Waals surface area (Å²) < 4.78 is 25.6. The zero-order chi connectivity index (χ0) is 22.0. The lowest BCUT2D eigenvalue weighted by atomic mass is 9.92. The predicted molar refractivity (Wildman–Crippen MR) is 112 cm³/mol. The molecule has 1 fully saturated rings. The molecule has 0 saturated carbocycles. The number of aryl methyl sites for hydroxylation is 1. The summed E-state index contributed by atoms with van der Waals surface area (Å²) in [5, 5.41) is 9.09. The maximum atomic E-state index is 15.1. The van der Waals surface area contributed by atoms with Crippen LogP contribution in [0.15, 0.2) is 48.8 Å². The lowest BCUT2D eigenvalue weighted by molar-refractivity contribution is -0.137. The number of carbonyl (C=O) groups is 1. The van der Waals surface area contributed by atoms with E-state index in [0.717, 1.165) is 16.7 Å². The molecule has 160 valence electrons. The fraction of sp³-hybridized carbons (Fsp3) is 0.261. The Bertz CT molecular complexity index is 1130. The smallest absolute Gasteiger partial charge is 0.249 e. The van der Waals surface area contributed by atoms with Gasteiger partial charge in [0.05, 0.1) is 25.5 Å². The molecule has 0 aliphatic carbocycles. The van der Waals surface area contributed by atoms with Crippen LogP contribution in [-0.2, 0) is 10.4 Å². The van der Waals surface area contributed by atoms with Crippen molar-refractivity contribution in [1.82, 2.24) is 9.97 Å². The van der Waals surface area contributed by atoms with Gasteiger partial charge in [-0.15, -0.1) is 0 Å². The Balaban J connectivity index is 1.83. The maximum Gasteiger partial charge on any atom is 0.249 e. The lowest BCUT2D eigenvalue weighted by Gasteiger charge is -2.33. The van der Waals surface area contributed by atoms with Crippen LogP contribution in [0.4, 0.5) is 4.39 Å². The number of halogens is 1. The Morgan fingerprint density at radius 2 is 2.03 bits per heavy atom. The molecule has 0 radical (unpaired) electrons. The molecule has 3 heterocycles. The van der Waals surface area contributed by atoms with Crippen LogP contribution < -0.4 is 10.5 Å². The number of aliphatic hydroxyl groups is 1. The van der Waals surface area contributed by atoms with E-state index in [2.05, 4.69) is 9.97 Å². The Morgan fingerprint density at radius 1 is 1.23 bits per heavy atom. The molecule has 7 nitrogen and oxygen atoms in total. The topological polar surface area (TPSA) is 108 Å². The van der Waals surface area contributed by atoms with Crippen molar-refractivity contribution in [3.63, 3.8) is 0 Å². The van der Waals surface area contributed by atoms with Crippen molar-refractivity contribution in [1.29, 1.82) is 0 Å². The number of rotatable bonds is 7. The molecule has 4 rings (SSSR count). The number of hydrogen-bond acceptors (Lipinski definition) is 6. The van der Waals surface area contributed by atoms with Gasteiger partial charge >= 0.3 is 0 Å². The first-order chi connectivity index (χ1) is 14.9. The van der Waals surface area contributed by atoms with Crippen molar-refractivity contribution >= 4 is 5.91 Å². The second kappa shape index (κ2) is 8.41. The molecule has 1 saturated heterocycles. The highest BCUT2D eigenvalue weighted by Gasteiger charge is 2.42. The van der Waals surface area contributed by atoms with Crippen LogP contribution in [0.5, 0.6) is 5.88 Å². The third kappa shape index (κ3) is 4.12. The molecular formula is C23H22FN3O4. The lowest BCUT2D eigenvalue weighted by Crippen LogP contribution is -2.43. The number of aliphatic hydroxyl groups excluding tert-OH is 1. The van der Waals surface area contributed by atoms with E-state index in [1.807, 2.05) is 25.1 Å². The van der Waals surface area contributed by atoms with Crippen LogP contribution in [0.3, 0.4) is 0 Å². The molecule has 0 unspecified atom stereocenters. The van der Waals surface area contributed by atoms with Crippen molar-refractivity contribution in [2.45, 2.75) is 12.6 Å². The van der Waals surface area contributed by atoms with Crippen molar-refractivity contribution < 1.29 is 23.8 Å². The number of hydrogen-bond donors (Lipinski definition) is 2. The first-order valence-electron chi connectivity index (χ1n) is 9.79. The van der Waals surface area contributed by atoms with Gasteiger partial charge in [-0.2, -0.15) is 0 Å². The molecule has 8 heteroatoms. The Kier molecular flexibility index (Phi) is 5.67. The highest BCUT2D eigenvalue weighted by molar-refractivity contribution is 5.99. The third-order valence-electron chi connectivity index (χ3n) is 5.21. The molecule has 1 aromatic carbocycles. The van der Waals surface area contributed by atoms with Gasteiger partial charge in [-0.05, 0) is 47.4 Å². The molecular weight excluding hydrogens is 401 g/mol. The van der Waals surface area contributed by atoms with E-state index in [0.29, 0.717) is 16.7 Å². The van der Waals surface area contributed by atoms with Crippen LogP contribution in [0.2, 0.25) is 0 Å². The summed E-state index contributed by atoms with van der Waals surface area (Å²) in [6.07, 6.45) is 3.10. The van der Waals surface area contributed by atoms with Gasteiger partial charge in [-0.1, -0.05) is 12.1 Å². The summed E-state index contributed by atoms with van der Waals surface area (Å²) in [6, 6.07) is 10.6. The standard InChI is InChI=1S/C23H22FN3O4/c1-14-2-3-15(19-11-26-5-4-17(19)22(25)29)8-18(14)16-9-20(23(24)12-30-13-23)27-21(10-16)31-7-6-28/h2-5,8-11,28H,6-7,12-13H2,1H3,(H2,25,29). The highest BCUT2D eigenvalue weighted by Crippen LogP contribution is 2.38. The van der Waals surface area contributed by atoms with Gasteiger partial charge < -0.3 is 20.3 Å². The number of nitrogens with zero attached hydrogens (tertiary/aromatic N) is 2. The molecule has 3 N–H and O–H groups in total. The zero-order valence-electron chi connectivity index (χ0n) is 17.0. The Morgan fingerprint density at radius 3 is 2.71 bits per heavy atom. The van der Waals surface area contributed by atoms with Crippen molar-refractivity contribution in [3.05, 3.63) is 65.6 Å². The molecule has 0 bridgehead atoms. The second-order valence-electron chi connectivity index (χ2n) is 7.42. The first kappa shape index (κ1) is 20.9. The average Bonchev–Trinajstić information content (AvgIpc) is 2.76. The van der Waals surface area contributed by atoms with Crippen LogP contribution in [0, 0.1) is 6.92 Å². The van der Waals surface area contributed by atoms with E-state index < -0.39 is 11.6 Å². The van der Waals surface area contributed by atoms with Gasteiger partial charge in [-0.3, -0.25) is 9.78 Å². The fourth-order valence-electron chi connectivity index (χ4n) is 3.48. The summed E-state index contributed by atoms with van der Waals surface area (Å²) in [5.41, 5.74) is 8.24. The van der Waals surface area contributed by atoms with E-state index in [1.54, 1.807) is 24.4 Å². The molecule has 31 heavy (non-hydrogen) atoms. The van der Waals surface area contributed by atoms with Gasteiger partial charge in [0, 0.05) is 29.6 Å². The van der Waals surface area contributed by atoms with Crippen LogP contribution in [0.1, 0.15) is 21.6 Å². The van der Waals surface area contributed by atoms with Crippen LogP contribution >= 0.6 is 0 Å². The van der Waals surface area contributed by atoms with Crippen molar-refractivity contribution in [2.24, 2.45) is 5.73 Å². The molecule has 0 atom stereocenters. The minimum absolute atomic E-state index is 0.0440. The molecule has 1 aliphatic heterocycles. The molecule has 3 aromatic rings. The largest absolute Gasteiger partial charge is 0.475 e. The van der Waals surface area contributed by atoms with E-state index in [4.69, 9.17) is 20.3 Å². The molecule has 2 aromatic heterocycles. The van der Waals surface area contributed by atoms with Crippen molar-refractivity contribution in [3.8, 4) is 28.1 Å². The van der Waals surface area contributed by atoms with Gasteiger partial charge in [-0.25, -0.2) is 9.37 Å².